The monoisotopic (exact) mass is 481 g/mol. The van der Waals surface area contributed by atoms with E-state index in [0.717, 1.165) is 62.7 Å². The van der Waals surface area contributed by atoms with Crippen LogP contribution in [0.25, 0.3) is 6.08 Å². The highest BCUT2D eigenvalue weighted by atomic mass is 16.5. The van der Waals surface area contributed by atoms with E-state index in [1.165, 1.54) is 16.8 Å². The molecule has 5 heteroatoms. The van der Waals surface area contributed by atoms with Gasteiger partial charge in [0.15, 0.2) is 0 Å². The predicted molar refractivity (Wildman–Crippen MR) is 147 cm³/mol. The average molecular weight is 482 g/mol. The molecule has 0 N–H and O–H groups in total. The number of carbonyl (C=O) groups is 1. The Morgan fingerprint density at radius 3 is 2.58 bits per heavy atom. The minimum absolute atomic E-state index is 0.120. The molecule has 0 radical (unpaired) electrons. The number of fused-ring (bicyclic) bond motifs is 1. The predicted octanol–water partition coefficient (Wildman–Crippen LogP) is 5.99. The second-order valence-corrected chi connectivity index (χ2v) is 9.85. The van der Waals surface area contributed by atoms with Crippen molar-refractivity contribution in [2.75, 3.05) is 37.6 Å². The van der Waals surface area contributed by atoms with Crippen molar-refractivity contribution in [2.24, 2.45) is 0 Å². The Hall–Kier alpha value is -3.57. The number of carbonyl (C=O) groups excluding carboxylic acids is 1. The number of ether oxygens (including phenoxy) is 1. The van der Waals surface area contributed by atoms with Crippen molar-refractivity contribution in [3.63, 3.8) is 0 Å². The van der Waals surface area contributed by atoms with E-state index >= 15 is 0 Å². The summed E-state index contributed by atoms with van der Waals surface area (Å²) in [5.74, 6) is 1.04. The smallest absolute Gasteiger partial charge is 0.253 e. The summed E-state index contributed by atoms with van der Waals surface area (Å²) in [6.07, 6.45) is 5.49. The third kappa shape index (κ3) is 5.63. The molecule has 0 atom stereocenters. The van der Waals surface area contributed by atoms with Crippen LogP contribution in [0.3, 0.4) is 0 Å². The van der Waals surface area contributed by atoms with Crippen LogP contribution in [0.4, 0.5) is 11.4 Å². The van der Waals surface area contributed by atoms with E-state index in [1.54, 1.807) is 0 Å². The maximum atomic E-state index is 13.3. The molecule has 0 saturated carbocycles. The molecule has 0 spiro atoms. The van der Waals surface area contributed by atoms with Gasteiger partial charge in [0.2, 0.25) is 0 Å². The molecule has 0 bridgehead atoms. The van der Waals surface area contributed by atoms with Gasteiger partial charge in [0.25, 0.3) is 5.91 Å². The first kappa shape index (κ1) is 24.1. The van der Waals surface area contributed by atoms with Crippen LogP contribution in [0.5, 0.6) is 5.75 Å². The van der Waals surface area contributed by atoms with Gasteiger partial charge in [0.1, 0.15) is 5.75 Å². The molecule has 1 amide bonds. The third-order valence-electron chi connectivity index (χ3n) is 6.79. The molecule has 0 unspecified atom stereocenters. The summed E-state index contributed by atoms with van der Waals surface area (Å²) in [4.78, 5) is 20.0. The van der Waals surface area contributed by atoms with Gasteiger partial charge in [-0.05, 0) is 73.9 Å². The normalized spacial score (nSPS) is 16.1. The molecule has 186 valence electrons. The molecule has 5 nitrogen and oxygen atoms in total. The Morgan fingerprint density at radius 1 is 0.917 bits per heavy atom. The fraction of sp³-hybridized carbons (Fsp3) is 0.323. The highest BCUT2D eigenvalue weighted by Gasteiger charge is 2.21. The van der Waals surface area contributed by atoms with Crippen LogP contribution < -0.4 is 9.64 Å². The number of hydrogen-bond acceptors (Lipinski definition) is 4. The van der Waals surface area contributed by atoms with Crippen molar-refractivity contribution < 1.29 is 9.53 Å². The average Bonchev–Trinajstić information content (AvgIpc) is 3.13. The molecule has 3 aromatic rings. The van der Waals surface area contributed by atoms with Gasteiger partial charge >= 0.3 is 0 Å². The van der Waals surface area contributed by atoms with Gasteiger partial charge in [0, 0.05) is 56.2 Å². The summed E-state index contributed by atoms with van der Waals surface area (Å²) in [7, 11) is 0. The molecule has 5 rings (SSSR count). The van der Waals surface area contributed by atoms with Crippen LogP contribution in [0, 0.1) is 0 Å². The Bertz CT molecular complexity index is 1220. The number of nitrogens with zero attached hydrogens (tertiary/aromatic N) is 3. The van der Waals surface area contributed by atoms with E-state index in [2.05, 4.69) is 76.5 Å². The first-order chi connectivity index (χ1) is 17.6. The number of amides is 1. The van der Waals surface area contributed by atoms with E-state index in [9.17, 15) is 4.79 Å². The lowest BCUT2D eigenvalue weighted by Crippen LogP contribution is -2.35. The lowest BCUT2D eigenvalue weighted by Gasteiger charge is -2.28. The fourth-order valence-corrected chi connectivity index (χ4v) is 5.05. The SMILES string of the molecule is CC(C)Oc1cccc(CN2CCCN(C(=O)c3ccc(N4CC=Cc5ccccc54)cc3)CC2)c1. The van der Waals surface area contributed by atoms with E-state index in [-0.39, 0.29) is 12.0 Å². The van der Waals surface area contributed by atoms with E-state index in [1.807, 2.05) is 36.9 Å². The summed E-state index contributed by atoms with van der Waals surface area (Å²) < 4.78 is 5.85. The first-order valence-electron chi connectivity index (χ1n) is 13.0. The van der Waals surface area contributed by atoms with Gasteiger partial charge in [-0.1, -0.05) is 42.5 Å². The Kier molecular flexibility index (Phi) is 7.38. The molecular formula is C31H35N3O2. The lowest BCUT2D eigenvalue weighted by molar-refractivity contribution is 0.0761. The van der Waals surface area contributed by atoms with Gasteiger partial charge in [0.05, 0.1) is 6.10 Å². The summed E-state index contributed by atoms with van der Waals surface area (Å²) >= 11 is 0. The van der Waals surface area contributed by atoms with Crippen LogP contribution in [-0.4, -0.2) is 54.5 Å². The number of benzene rings is 3. The van der Waals surface area contributed by atoms with Crippen LogP contribution in [0.15, 0.2) is 78.9 Å². The van der Waals surface area contributed by atoms with Crippen LogP contribution in [-0.2, 0) is 6.54 Å². The largest absolute Gasteiger partial charge is 0.491 e. The summed E-state index contributed by atoms with van der Waals surface area (Å²) in [6, 6.07) is 24.9. The zero-order valence-corrected chi connectivity index (χ0v) is 21.3. The van der Waals surface area contributed by atoms with Crippen LogP contribution in [0.1, 0.15) is 41.8 Å². The highest BCUT2D eigenvalue weighted by molar-refractivity contribution is 5.94. The molecule has 0 aromatic heterocycles. The van der Waals surface area contributed by atoms with Gasteiger partial charge in [-0.15, -0.1) is 0 Å². The third-order valence-corrected chi connectivity index (χ3v) is 6.79. The quantitative estimate of drug-likeness (QED) is 0.434. The molecular weight excluding hydrogens is 446 g/mol. The molecule has 2 aliphatic rings. The molecule has 36 heavy (non-hydrogen) atoms. The Morgan fingerprint density at radius 2 is 1.75 bits per heavy atom. The minimum atomic E-state index is 0.120. The summed E-state index contributed by atoms with van der Waals surface area (Å²) in [5.41, 5.74) is 5.53. The van der Waals surface area contributed by atoms with Crippen molar-refractivity contribution in [1.82, 2.24) is 9.80 Å². The van der Waals surface area contributed by atoms with Crippen molar-refractivity contribution >= 4 is 23.4 Å². The zero-order chi connectivity index (χ0) is 24.9. The van der Waals surface area contributed by atoms with Gasteiger partial charge < -0.3 is 14.5 Å². The van der Waals surface area contributed by atoms with Gasteiger partial charge in [-0.25, -0.2) is 0 Å². The van der Waals surface area contributed by atoms with E-state index in [0.29, 0.717) is 0 Å². The van der Waals surface area contributed by atoms with Crippen molar-refractivity contribution in [3.05, 3.63) is 95.6 Å². The van der Waals surface area contributed by atoms with Crippen LogP contribution in [0.2, 0.25) is 0 Å². The minimum Gasteiger partial charge on any atom is -0.491 e. The summed E-state index contributed by atoms with van der Waals surface area (Å²) in [6.45, 7) is 9.19. The molecule has 1 saturated heterocycles. The maximum absolute atomic E-state index is 13.3. The molecule has 1 fully saturated rings. The lowest BCUT2D eigenvalue weighted by atomic mass is 10.1. The number of anilines is 2. The zero-order valence-electron chi connectivity index (χ0n) is 21.3. The van der Waals surface area contributed by atoms with Crippen molar-refractivity contribution in [3.8, 4) is 5.75 Å². The number of hydrogen-bond donors (Lipinski definition) is 0. The van der Waals surface area contributed by atoms with Crippen molar-refractivity contribution in [1.29, 1.82) is 0 Å². The Balaban J connectivity index is 1.20. The maximum Gasteiger partial charge on any atom is 0.253 e. The molecule has 2 aliphatic heterocycles. The number of rotatable bonds is 6. The topological polar surface area (TPSA) is 36.0 Å². The van der Waals surface area contributed by atoms with Gasteiger partial charge in [-0.2, -0.15) is 0 Å². The highest BCUT2D eigenvalue weighted by Crippen LogP contribution is 2.32. The van der Waals surface area contributed by atoms with E-state index in [4.69, 9.17) is 4.74 Å². The second-order valence-electron chi connectivity index (χ2n) is 9.85. The van der Waals surface area contributed by atoms with Crippen LogP contribution >= 0.6 is 0 Å². The molecule has 0 aliphatic carbocycles. The van der Waals surface area contributed by atoms with E-state index < -0.39 is 0 Å². The van der Waals surface area contributed by atoms with Gasteiger partial charge in [-0.3, -0.25) is 9.69 Å². The van der Waals surface area contributed by atoms with Crippen molar-refractivity contribution in [2.45, 2.75) is 32.9 Å². The molecule has 3 aromatic carbocycles. The molecule has 2 heterocycles. The fourth-order valence-electron chi connectivity index (χ4n) is 5.05. The summed E-state index contributed by atoms with van der Waals surface area (Å²) in [5, 5.41) is 0. The Labute approximate surface area is 214 Å². The first-order valence-corrected chi connectivity index (χ1v) is 13.0. The number of para-hydroxylation sites is 1. The standard InChI is InChI=1S/C31H35N3O2/c1-24(2)36-29-11-5-8-25(22-29)23-32-17-7-18-33(21-20-32)31(35)27-13-15-28(16-14-27)34-19-6-10-26-9-3-4-12-30(26)34/h3-6,8-16,22,24H,7,17-21,23H2,1-2H3. The second kappa shape index (κ2) is 11.0.